The van der Waals surface area contributed by atoms with Crippen LogP contribution in [0.5, 0.6) is 0 Å². The van der Waals surface area contributed by atoms with Crippen LogP contribution in [0.25, 0.3) is 22.5 Å². The number of benzene rings is 1. The van der Waals surface area contributed by atoms with Gasteiger partial charge in [-0.25, -0.2) is 9.37 Å². The minimum Gasteiger partial charge on any atom is -0.339 e. The van der Waals surface area contributed by atoms with Crippen LogP contribution in [-0.2, 0) is 0 Å². The average Bonchev–Trinajstić information content (AvgIpc) is 2.99. The summed E-state index contributed by atoms with van der Waals surface area (Å²) in [5.74, 6) is 0.138. The van der Waals surface area contributed by atoms with E-state index in [1.807, 2.05) is 0 Å². The van der Waals surface area contributed by atoms with Crippen molar-refractivity contribution >= 4 is 34.2 Å². The van der Waals surface area contributed by atoms with Crippen LogP contribution < -0.4 is 5.32 Å². The number of anilines is 2. The first-order valence-electron chi connectivity index (χ1n) is 7.38. The maximum atomic E-state index is 14.2. The molecule has 6 nitrogen and oxygen atoms in total. The standard InChI is InChI=1S/C17H11ClFN5O/c1-9-14-16(21-11-4-6-20-7-5-11)22-15(23-17(14)25-24-9)12-8-10(18)2-3-13(12)19/h2-8H,1H3,(H,20,21,22,23). The zero-order valence-corrected chi connectivity index (χ0v) is 13.8. The van der Waals surface area contributed by atoms with E-state index in [9.17, 15) is 4.39 Å². The van der Waals surface area contributed by atoms with Crippen molar-refractivity contribution in [3.05, 3.63) is 59.3 Å². The Hall–Kier alpha value is -3.06. The number of halogens is 2. The van der Waals surface area contributed by atoms with Crippen LogP contribution in [0.3, 0.4) is 0 Å². The van der Waals surface area contributed by atoms with Crippen LogP contribution in [0.2, 0.25) is 5.02 Å². The van der Waals surface area contributed by atoms with E-state index in [0.717, 1.165) is 5.69 Å². The van der Waals surface area contributed by atoms with Gasteiger partial charge < -0.3 is 9.84 Å². The minimum absolute atomic E-state index is 0.153. The molecule has 4 rings (SSSR count). The minimum atomic E-state index is -0.477. The largest absolute Gasteiger partial charge is 0.339 e. The fourth-order valence-electron chi connectivity index (χ4n) is 2.44. The van der Waals surface area contributed by atoms with Gasteiger partial charge in [0.05, 0.1) is 11.3 Å². The number of rotatable bonds is 3. The van der Waals surface area contributed by atoms with Gasteiger partial charge in [-0.15, -0.1) is 0 Å². The molecular formula is C17H11ClFN5O. The van der Waals surface area contributed by atoms with Crippen molar-refractivity contribution in [2.45, 2.75) is 6.92 Å². The molecule has 0 radical (unpaired) electrons. The van der Waals surface area contributed by atoms with Crippen molar-refractivity contribution in [2.75, 3.05) is 5.32 Å². The Morgan fingerprint density at radius 3 is 2.72 bits per heavy atom. The maximum absolute atomic E-state index is 14.2. The summed E-state index contributed by atoms with van der Waals surface area (Å²) in [5, 5.41) is 8.11. The van der Waals surface area contributed by atoms with Gasteiger partial charge in [0.15, 0.2) is 5.82 Å². The van der Waals surface area contributed by atoms with Crippen LogP contribution in [0, 0.1) is 12.7 Å². The molecule has 0 saturated heterocycles. The second-order valence-electron chi connectivity index (χ2n) is 5.33. The molecule has 0 amide bonds. The van der Waals surface area contributed by atoms with Crippen LogP contribution in [-0.4, -0.2) is 20.1 Å². The summed E-state index contributed by atoms with van der Waals surface area (Å²) in [5.41, 5.74) is 1.84. The zero-order chi connectivity index (χ0) is 17.4. The highest BCUT2D eigenvalue weighted by molar-refractivity contribution is 6.30. The van der Waals surface area contributed by atoms with Crippen molar-refractivity contribution in [2.24, 2.45) is 0 Å². The molecule has 25 heavy (non-hydrogen) atoms. The summed E-state index contributed by atoms with van der Waals surface area (Å²) in [6.45, 7) is 1.78. The fraction of sp³-hybridized carbons (Fsp3) is 0.0588. The molecule has 0 fully saturated rings. The molecule has 0 atom stereocenters. The Morgan fingerprint density at radius 1 is 1.12 bits per heavy atom. The molecule has 1 N–H and O–H groups in total. The molecule has 8 heteroatoms. The monoisotopic (exact) mass is 355 g/mol. The second kappa shape index (κ2) is 6.10. The molecular weight excluding hydrogens is 345 g/mol. The number of nitrogens with zero attached hydrogens (tertiary/aromatic N) is 4. The number of aromatic nitrogens is 4. The van der Waals surface area contributed by atoms with Crippen LogP contribution in [0.15, 0.2) is 47.2 Å². The molecule has 1 aromatic carbocycles. The molecule has 0 aliphatic rings. The Bertz CT molecular complexity index is 1070. The topological polar surface area (TPSA) is 76.7 Å². The van der Waals surface area contributed by atoms with E-state index in [1.165, 1.54) is 18.2 Å². The third-order valence-corrected chi connectivity index (χ3v) is 3.85. The molecule has 0 saturated carbocycles. The molecule has 3 aromatic heterocycles. The summed E-state index contributed by atoms with van der Waals surface area (Å²) in [6, 6.07) is 7.78. The number of hydrogen-bond acceptors (Lipinski definition) is 6. The SMILES string of the molecule is Cc1noc2nc(-c3cc(Cl)ccc3F)nc(Nc3ccncc3)c12. The summed E-state index contributed by atoms with van der Waals surface area (Å²) in [6.07, 6.45) is 3.30. The van der Waals surface area contributed by atoms with E-state index in [4.69, 9.17) is 16.1 Å². The number of aryl methyl sites for hydroxylation is 1. The van der Waals surface area contributed by atoms with Gasteiger partial charge in [-0.05, 0) is 37.3 Å². The van der Waals surface area contributed by atoms with Crippen LogP contribution >= 0.6 is 11.6 Å². The highest BCUT2D eigenvalue weighted by Gasteiger charge is 2.18. The van der Waals surface area contributed by atoms with Crippen LogP contribution in [0.4, 0.5) is 15.9 Å². The lowest BCUT2D eigenvalue weighted by molar-refractivity contribution is 0.443. The molecule has 0 unspecified atom stereocenters. The van der Waals surface area contributed by atoms with E-state index in [0.29, 0.717) is 21.9 Å². The van der Waals surface area contributed by atoms with Gasteiger partial charge in [-0.1, -0.05) is 16.8 Å². The maximum Gasteiger partial charge on any atom is 0.263 e. The van der Waals surface area contributed by atoms with Gasteiger partial charge in [0.25, 0.3) is 5.71 Å². The number of fused-ring (bicyclic) bond motifs is 1. The van der Waals surface area contributed by atoms with Crippen molar-refractivity contribution in [3.63, 3.8) is 0 Å². The highest BCUT2D eigenvalue weighted by Crippen LogP contribution is 2.31. The predicted molar refractivity (Wildman–Crippen MR) is 92.3 cm³/mol. The van der Waals surface area contributed by atoms with E-state index >= 15 is 0 Å². The number of pyridine rings is 1. The quantitative estimate of drug-likeness (QED) is 0.582. The van der Waals surface area contributed by atoms with Crippen molar-refractivity contribution < 1.29 is 8.91 Å². The summed E-state index contributed by atoms with van der Waals surface area (Å²) in [4.78, 5) is 12.7. The Balaban J connectivity index is 1.91. The van der Waals surface area contributed by atoms with Crippen LogP contribution in [0.1, 0.15) is 5.69 Å². The van der Waals surface area contributed by atoms with Gasteiger partial charge in [-0.3, -0.25) is 4.98 Å². The lowest BCUT2D eigenvalue weighted by Gasteiger charge is -2.09. The fourth-order valence-corrected chi connectivity index (χ4v) is 2.61. The third kappa shape index (κ3) is 2.89. The second-order valence-corrected chi connectivity index (χ2v) is 5.77. The summed E-state index contributed by atoms with van der Waals surface area (Å²) in [7, 11) is 0. The first kappa shape index (κ1) is 15.5. The Labute approximate surface area is 146 Å². The zero-order valence-electron chi connectivity index (χ0n) is 13.0. The number of hydrogen-bond donors (Lipinski definition) is 1. The smallest absolute Gasteiger partial charge is 0.263 e. The first-order chi connectivity index (χ1) is 12.1. The van der Waals surface area contributed by atoms with Gasteiger partial charge >= 0.3 is 0 Å². The molecule has 3 heterocycles. The number of nitrogens with one attached hydrogen (secondary N) is 1. The Morgan fingerprint density at radius 2 is 1.92 bits per heavy atom. The lowest BCUT2D eigenvalue weighted by Crippen LogP contribution is -2.00. The Kier molecular flexibility index (Phi) is 3.77. The molecule has 4 aromatic rings. The molecule has 0 spiro atoms. The lowest BCUT2D eigenvalue weighted by atomic mass is 10.2. The predicted octanol–water partition coefficient (Wildman–Crippen LogP) is 4.52. The molecule has 0 aliphatic carbocycles. The van der Waals surface area contributed by atoms with Crippen molar-refractivity contribution in [1.29, 1.82) is 0 Å². The van der Waals surface area contributed by atoms with Crippen molar-refractivity contribution in [3.8, 4) is 11.4 Å². The van der Waals surface area contributed by atoms with E-state index in [1.54, 1.807) is 31.5 Å². The first-order valence-corrected chi connectivity index (χ1v) is 7.76. The molecule has 124 valence electrons. The molecule has 0 bridgehead atoms. The van der Waals surface area contributed by atoms with Gasteiger partial charge in [0, 0.05) is 23.1 Å². The summed E-state index contributed by atoms with van der Waals surface area (Å²) >= 11 is 5.98. The molecule has 0 aliphatic heterocycles. The van der Waals surface area contributed by atoms with Gasteiger partial charge in [0.2, 0.25) is 0 Å². The highest BCUT2D eigenvalue weighted by atomic mass is 35.5. The van der Waals surface area contributed by atoms with E-state index < -0.39 is 5.82 Å². The van der Waals surface area contributed by atoms with E-state index in [2.05, 4.69) is 25.4 Å². The normalized spacial score (nSPS) is 11.0. The average molecular weight is 356 g/mol. The van der Waals surface area contributed by atoms with Gasteiger partial charge in [-0.2, -0.15) is 4.98 Å². The van der Waals surface area contributed by atoms with E-state index in [-0.39, 0.29) is 17.1 Å². The van der Waals surface area contributed by atoms with Crippen molar-refractivity contribution in [1.82, 2.24) is 20.1 Å². The third-order valence-electron chi connectivity index (χ3n) is 3.62. The van der Waals surface area contributed by atoms with Gasteiger partial charge in [0.1, 0.15) is 17.0 Å². The summed E-state index contributed by atoms with van der Waals surface area (Å²) < 4.78 is 19.5.